The van der Waals surface area contributed by atoms with Gasteiger partial charge in [0.15, 0.2) is 0 Å². The smallest absolute Gasteiger partial charge is 0.0662 e. The summed E-state index contributed by atoms with van der Waals surface area (Å²) in [7, 11) is 0. The predicted octanol–water partition coefficient (Wildman–Crippen LogP) is 2.75. The van der Waals surface area contributed by atoms with Crippen molar-refractivity contribution < 1.29 is 4.74 Å². The van der Waals surface area contributed by atoms with Gasteiger partial charge in [0.1, 0.15) is 0 Å². The van der Waals surface area contributed by atoms with Crippen molar-refractivity contribution in [3.63, 3.8) is 0 Å². The maximum atomic E-state index is 5.63. The summed E-state index contributed by atoms with van der Waals surface area (Å²) in [4.78, 5) is 0. The first-order valence-electron chi connectivity index (χ1n) is 7.33. The molecule has 1 aromatic heterocycles. The molecule has 110 valence electrons. The molecule has 0 saturated heterocycles. The zero-order valence-corrected chi connectivity index (χ0v) is 13.1. The van der Waals surface area contributed by atoms with E-state index in [2.05, 4.69) is 45.0 Å². The van der Waals surface area contributed by atoms with E-state index in [9.17, 15) is 0 Å². The molecule has 1 N–H and O–H groups in total. The van der Waals surface area contributed by atoms with Crippen LogP contribution in [-0.4, -0.2) is 29.0 Å². The van der Waals surface area contributed by atoms with E-state index >= 15 is 0 Å². The predicted molar refractivity (Wildman–Crippen MR) is 79.2 cm³/mol. The molecule has 0 aliphatic heterocycles. The van der Waals surface area contributed by atoms with Gasteiger partial charge in [-0.2, -0.15) is 5.10 Å². The molecule has 0 aromatic carbocycles. The van der Waals surface area contributed by atoms with Gasteiger partial charge >= 0.3 is 0 Å². The SMILES string of the molecule is Cc1c(CNC(C)C)cnn1CCOCCC(C)C. The van der Waals surface area contributed by atoms with E-state index in [1.807, 2.05) is 10.9 Å². The van der Waals surface area contributed by atoms with Crippen molar-refractivity contribution in [1.82, 2.24) is 15.1 Å². The fourth-order valence-corrected chi connectivity index (χ4v) is 1.77. The van der Waals surface area contributed by atoms with E-state index in [0.717, 1.165) is 32.7 Å². The molecule has 0 amide bonds. The molecule has 0 aliphatic carbocycles. The Morgan fingerprint density at radius 1 is 1.26 bits per heavy atom. The fraction of sp³-hybridized carbons (Fsp3) is 0.800. The third kappa shape index (κ3) is 6.21. The summed E-state index contributed by atoms with van der Waals surface area (Å²) in [5, 5.41) is 7.84. The van der Waals surface area contributed by atoms with E-state index < -0.39 is 0 Å². The van der Waals surface area contributed by atoms with Gasteiger partial charge in [0.2, 0.25) is 0 Å². The van der Waals surface area contributed by atoms with Gasteiger partial charge in [-0.3, -0.25) is 4.68 Å². The number of hydrogen-bond acceptors (Lipinski definition) is 3. The van der Waals surface area contributed by atoms with E-state index in [1.54, 1.807) is 0 Å². The number of ether oxygens (including phenoxy) is 1. The average Bonchev–Trinajstić information content (AvgIpc) is 2.67. The molecule has 0 radical (unpaired) electrons. The lowest BCUT2D eigenvalue weighted by Crippen LogP contribution is -2.22. The second-order valence-electron chi connectivity index (χ2n) is 5.81. The Hall–Kier alpha value is -0.870. The Balaban J connectivity index is 2.30. The van der Waals surface area contributed by atoms with Crippen LogP contribution in [0.15, 0.2) is 6.20 Å². The molecule has 1 heterocycles. The molecule has 0 fully saturated rings. The van der Waals surface area contributed by atoms with Gasteiger partial charge in [0, 0.05) is 30.5 Å². The third-order valence-electron chi connectivity index (χ3n) is 3.19. The van der Waals surface area contributed by atoms with Crippen molar-refractivity contribution in [2.75, 3.05) is 13.2 Å². The highest BCUT2D eigenvalue weighted by Crippen LogP contribution is 2.07. The summed E-state index contributed by atoms with van der Waals surface area (Å²) in [6.45, 7) is 14.2. The zero-order valence-electron chi connectivity index (χ0n) is 13.1. The van der Waals surface area contributed by atoms with Crippen LogP contribution in [-0.2, 0) is 17.8 Å². The normalized spacial score (nSPS) is 11.7. The number of rotatable bonds is 9. The summed E-state index contributed by atoms with van der Waals surface area (Å²) in [5.74, 6) is 0.708. The Morgan fingerprint density at radius 2 is 2.00 bits per heavy atom. The van der Waals surface area contributed by atoms with Gasteiger partial charge in [0.25, 0.3) is 0 Å². The Kier molecular flexibility index (Phi) is 7.10. The molecular formula is C15H29N3O. The summed E-state index contributed by atoms with van der Waals surface area (Å²) >= 11 is 0. The summed E-state index contributed by atoms with van der Waals surface area (Å²) < 4.78 is 7.67. The molecule has 0 unspecified atom stereocenters. The Labute approximate surface area is 117 Å². The first-order valence-corrected chi connectivity index (χ1v) is 7.33. The van der Waals surface area contributed by atoms with Crippen molar-refractivity contribution in [2.45, 2.75) is 60.2 Å². The zero-order chi connectivity index (χ0) is 14.3. The summed E-state index contributed by atoms with van der Waals surface area (Å²) in [6.07, 6.45) is 3.08. The quantitative estimate of drug-likeness (QED) is 0.699. The molecule has 19 heavy (non-hydrogen) atoms. The Morgan fingerprint density at radius 3 is 2.63 bits per heavy atom. The van der Waals surface area contributed by atoms with E-state index in [-0.39, 0.29) is 0 Å². The molecule has 1 aromatic rings. The van der Waals surface area contributed by atoms with Crippen molar-refractivity contribution >= 4 is 0 Å². The largest absolute Gasteiger partial charge is 0.380 e. The van der Waals surface area contributed by atoms with Crippen LogP contribution in [0.5, 0.6) is 0 Å². The summed E-state index contributed by atoms with van der Waals surface area (Å²) in [6, 6.07) is 0.502. The van der Waals surface area contributed by atoms with Crippen molar-refractivity contribution in [3.05, 3.63) is 17.5 Å². The van der Waals surface area contributed by atoms with Crippen LogP contribution < -0.4 is 5.32 Å². The summed E-state index contributed by atoms with van der Waals surface area (Å²) in [5.41, 5.74) is 2.51. The van der Waals surface area contributed by atoms with Gasteiger partial charge in [-0.1, -0.05) is 27.7 Å². The highest BCUT2D eigenvalue weighted by Gasteiger charge is 2.06. The van der Waals surface area contributed by atoms with E-state index in [0.29, 0.717) is 12.0 Å². The second kappa shape index (κ2) is 8.33. The second-order valence-corrected chi connectivity index (χ2v) is 5.81. The lowest BCUT2D eigenvalue weighted by molar-refractivity contribution is 0.113. The van der Waals surface area contributed by atoms with Crippen LogP contribution in [0.3, 0.4) is 0 Å². The van der Waals surface area contributed by atoms with E-state index in [1.165, 1.54) is 11.3 Å². The molecule has 0 bridgehead atoms. The van der Waals surface area contributed by atoms with Crippen LogP contribution in [0.25, 0.3) is 0 Å². The maximum absolute atomic E-state index is 5.63. The monoisotopic (exact) mass is 267 g/mol. The minimum absolute atomic E-state index is 0.502. The first-order chi connectivity index (χ1) is 9.00. The van der Waals surface area contributed by atoms with Crippen LogP contribution in [0, 0.1) is 12.8 Å². The van der Waals surface area contributed by atoms with Gasteiger partial charge in [-0.15, -0.1) is 0 Å². The molecule has 0 aliphatic rings. The highest BCUT2D eigenvalue weighted by atomic mass is 16.5. The first kappa shape index (κ1) is 16.2. The number of nitrogens with one attached hydrogen (secondary N) is 1. The minimum Gasteiger partial charge on any atom is -0.380 e. The van der Waals surface area contributed by atoms with Gasteiger partial charge in [-0.25, -0.2) is 0 Å². The molecule has 0 saturated carbocycles. The topological polar surface area (TPSA) is 39.1 Å². The van der Waals surface area contributed by atoms with Gasteiger partial charge in [0.05, 0.1) is 19.3 Å². The third-order valence-corrected chi connectivity index (χ3v) is 3.19. The molecule has 0 atom stereocenters. The van der Waals surface area contributed by atoms with Crippen molar-refractivity contribution in [3.8, 4) is 0 Å². The lowest BCUT2D eigenvalue weighted by atomic mass is 10.1. The molecule has 4 nitrogen and oxygen atoms in total. The van der Waals surface area contributed by atoms with E-state index in [4.69, 9.17) is 4.74 Å². The fourth-order valence-electron chi connectivity index (χ4n) is 1.77. The lowest BCUT2D eigenvalue weighted by Gasteiger charge is -2.09. The highest BCUT2D eigenvalue weighted by molar-refractivity contribution is 5.15. The Bertz CT molecular complexity index is 358. The van der Waals surface area contributed by atoms with Crippen LogP contribution in [0.4, 0.5) is 0 Å². The standard InChI is InChI=1S/C15H29N3O/c1-12(2)6-8-19-9-7-18-14(5)15(11-17-18)10-16-13(3)4/h11-13,16H,6-10H2,1-5H3. The van der Waals surface area contributed by atoms with Gasteiger partial charge in [-0.05, 0) is 19.3 Å². The average molecular weight is 267 g/mol. The number of nitrogens with zero attached hydrogens (tertiary/aromatic N) is 2. The molecule has 0 spiro atoms. The van der Waals surface area contributed by atoms with Gasteiger partial charge < -0.3 is 10.1 Å². The van der Waals surface area contributed by atoms with Crippen LogP contribution in [0.1, 0.15) is 45.4 Å². The number of hydrogen-bond donors (Lipinski definition) is 1. The van der Waals surface area contributed by atoms with Crippen LogP contribution >= 0.6 is 0 Å². The van der Waals surface area contributed by atoms with Crippen LogP contribution in [0.2, 0.25) is 0 Å². The molecule has 1 rings (SSSR count). The molecular weight excluding hydrogens is 238 g/mol. The molecule has 4 heteroatoms. The number of aromatic nitrogens is 2. The van der Waals surface area contributed by atoms with Crippen molar-refractivity contribution in [1.29, 1.82) is 0 Å². The minimum atomic E-state index is 0.502. The van der Waals surface area contributed by atoms with Crippen molar-refractivity contribution in [2.24, 2.45) is 5.92 Å². The maximum Gasteiger partial charge on any atom is 0.0662 e.